The summed E-state index contributed by atoms with van der Waals surface area (Å²) >= 11 is 0. The Labute approximate surface area is 415 Å². The zero-order valence-corrected chi connectivity index (χ0v) is 41.9. The molecule has 0 amide bonds. The summed E-state index contributed by atoms with van der Waals surface area (Å²) in [6.45, 7) is 21.0. The van der Waals surface area contributed by atoms with Gasteiger partial charge in [-0.3, -0.25) is 0 Å². The molecule has 0 aromatic heterocycles. The van der Waals surface area contributed by atoms with Gasteiger partial charge < -0.3 is 9.80 Å². The minimum atomic E-state index is -0.409. The molecule has 2 aliphatic heterocycles. The lowest BCUT2D eigenvalue weighted by Crippen LogP contribution is -2.61. The number of anilines is 6. The molecule has 2 nitrogen and oxygen atoms in total. The van der Waals surface area contributed by atoms with Gasteiger partial charge in [-0.1, -0.05) is 208 Å². The van der Waals surface area contributed by atoms with Crippen LogP contribution >= 0.6 is 0 Å². The molecule has 0 fully saturated rings. The fourth-order valence-electron chi connectivity index (χ4n) is 12.6. The first-order valence-corrected chi connectivity index (χ1v) is 25.3. The highest BCUT2D eigenvalue weighted by Crippen LogP contribution is 2.63. The average Bonchev–Trinajstić information content (AvgIpc) is 3.82. The van der Waals surface area contributed by atoms with E-state index < -0.39 is 5.41 Å². The summed E-state index contributed by atoms with van der Waals surface area (Å²) in [5.74, 6) is 0. The first kappa shape index (κ1) is 42.7. The van der Waals surface area contributed by atoms with Gasteiger partial charge in [-0.15, -0.1) is 0 Å². The summed E-state index contributed by atoms with van der Waals surface area (Å²) in [6.07, 6.45) is 0. The normalized spacial score (nSPS) is 14.7. The summed E-state index contributed by atoms with van der Waals surface area (Å²) in [6, 6.07) is 74.9. The lowest BCUT2D eigenvalue weighted by Gasteiger charge is -2.45. The van der Waals surface area contributed by atoms with Crippen LogP contribution in [-0.2, 0) is 21.7 Å². The maximum Gasteiger partial charge on any atom is 0.252 e. The van der Waals surface area contributed by atoms with Gasteiger partial charge in [0.05, 0.1) is 5.41 Å². The van der Waals surface area contributed by atoms with Crippen molar-refractivity contribution in [2.75, 3.05) is 9.80 Å². The summed E-state index contributed by atoms with van der Waals surface area (Å²) in [5.41, 5.74) is 27.9. The van der Waals surface area contributed by atoms with Crippen molar-refractivity contribution in [1.82, 2.24) is 0 Å². The van der Waals surface area contributed by atoms with Crippen LogP contribution in [0.15, 0.2) is 194 Å². The molecule has 3 heteroatoms. The Morgan fingerprint density at radius 3 is 1.24 bits per heavy atom. The van der Waals surface area contributed by atoms with Crippen molar-refractivity contribution in [2.24, 2.45) is 0 Å². The molecule has 340 valence electrons. The van der Waals surface area contributed by atoms with Crippen molar-refractivity contribution >= 4 is 57.2 Å². The van der Waals surface area contributed by atoms with Crippen LogP contribution in [0.5, 0.6) is 0 Å². The van der Waals surface area contributed by atoms with Gasteiger partial charge in [0.25, 0.3) is 6.71 Å². The molecule has 0 bridgehead atoms. The Kier molecular flexibility index (Phi) is 9.05. The quantitative estimate of drug-likeness (QED) is 0.163. The molecule has 70 heavy (non-hydrogen) atoms. The third-order valence-corrected chi connectivity index (χ3v) is 16.1. The molecular weight excluding hydrogens is 844 g/mol. The fourth-order valence-corrected chi connectivity index (χ4v) is 12.6. The standard InChI is InChI=1S/C67H59BN2/c1-64(2,3)44-27-31-47(32-28-44)69-59-35-29-45(65(4,5)6)39-57(59)68-58-40-46(66(7,8)9)30-36-60(58)70(62-38-43(37-61(69)63(62)68)42-19-11-10-12-20-42)48-33-34-56-52(41-48)51-23-15-18-26-55(51)67(56)53-24-16-13-21-49(53)50-22-14-17-25-54(50)67/h10-41H,1-9H3. The predicted molar refractivity (Wildman–Crippen MR) is 298 cm³/mol. The highest BCUT2D eigenvalue weighted by Gasteiger charge is 2.52. The number of fused-ring (bicyclic) bond motifs is 14. The van der Waals surface area contributed by atoms with Crippen molar-refractivity contribution in [2.45, 2.75) is 84.0 Å². The molecule has 1 spiro atoms. The molecule has 13 rings (SSSR count). The molecule has 0 unspecified atom stereocenters. The van der Waals surface area contributed by atoms with E-state index in [-0.39, 0.29) is 23.0 Å². The molecule has 2 heterocycles. The lowest BCUT2D eigenvalue weighted by atomic mass is 9.33. The zero-order chi connectivity index (χ0) is 48.1. The maximum atomic E-state index is 2.62. The largest absolute Gasteiger partial charge is 0.311 e. The zero-order valence-electron chi connectivity index (χ0n) is 41.9. The van der Waals surface area contributed by atoms with E-state index in [2.05, 4.69) is 266 Å². The number of benzene rings is 9. The van der Waals surface area contributed by atoms with Crippen LogP contribution in [0.2, 0.25) is 0 Å². The second-order valence-electron chi connectivity index (χ2n) is 23.4. The van der Waals surface area contributed by atoms with Crippen molar-refractivity contribution in [3.8, 4) is 33.4 Å². The van der Waals surface area contributed by atoms with Gasteiger partial charge >= 0.3 is 0 Å². The van der Waals surface area contributed by atoms with Gasteiger partial charge in [-0.25, -0.2) is 0 Å². The molecule has 0 saturated carbocycles. The summed E-state index contributed by atoms with van der Waals surface area (Å²) in [7, 11) is 0. The van der Waals surface area contributed by atoms with E-state index in [1.54, 1.807) is 0 Å². The molecule has 0 radical (unpaired) electrons. The summed E-state index contributed by atoms with van der Waals surface area (Å²) < 4.78 is 0. The smallest absolute Gasteiger partial charge is 0.252 e. The van der Waals surface area contributed by atoms with Crippen molar-refractivity contribution < 1.29 is 0 Å². The van der Waals surface area contributed by atoms with Crippen LogP contribution in [0.3, 0.4) is 0 Å². The third-order valence-electron chi connectivity index (χ3n) is 16.1. The molecule has 9 aromatic rings. The van der Waals surface area contributed by atoms with Crippen LogP contribution in [0.25, 0.3) is 33.4 Å². The molecule has 0 saturated heterocycles. The Morgan fingerprint density at radius 1 is 0.329 bits per heavy atom. The van der Waals surface area contributed by atoms with Crippen LogP contribution in [0, 0.1) is 0 Å². The van der Waals surface area contributed by atoms with E-state index in [4.69, 9.17) is 0 Å². The monoisotopic (exact) mass is 902 g/mol. The minimum absolute atomic E-state index is 0.00399. The van der Waals surface area contributed by atoms with Crippen molar-refractivity contribution in [1.29, 1.82) is 0 Å². The third kappa shape index (κ3) is 6.06. The number of nitrogens with zero attached hydrogens (tertiary/aromatic N) is 2. The molecule has 9 aromatic carbocycles. The predicted octanol–water partition coefficient (Wildman–Crippen LogP) is 15.7. The Balaban J connectivity index is 1.12. The number of hydrogen-bond acceptors (Lipinski definition) is 2. The van der Waals surface area contributed by atoms with E-state index in [1.165, 1.54) is 117 Å². The lowest BCUT2D eigenvalue weighted by molar-refractivity contribution is 0.590. The van der Waals surface area contributed by atoms with Gasteiger partial charge in [0.1, 0.15) is 0 Å². The fraction of sp³-hybridized carbons (Fsp3) is 0.194. The van der Waals surface area contributed by atoms with Crippen LogP contribution < -0.4 is 26.2 Å². The minimum Gasteiger partial charge on any atom is -0.311 e. The SMILES string of the molecule is CC(C)(C)c1ccc(N2c3ccc(C(C)(C)C)cc3B3c4cc(C(C)(C)C)ccc4N(c4ccc5c(c4)-c4ccccc4C54c5ccccc5-c5ccccc54)c4cc(-c5ccccc5)cc2c43)cc1. The van der Waals surface area contributed by atoms with Gasteiger partial charge in [-0.05, 0) is 153 Å². The number of rotatable bonds is 3. The average molecular weight is 903 g/mol. The van der Waals surface area contributed by atoms with Crippen LogP contribution in [-0.4, -0.2) is 6.71 Å². The highest BCUT2D eigenvalue weighted by atomic mass is 15.2. The maximum absolute atomic E-state index is 2.62. The molecule has 2 aliphatic carbocycles. The topological polar surface area (TPSA) is 6.48 Å². The summed E-state index contributed by atoms with van der Waals surface area (Å²) in [5, 5.41) is 0. The Bertz CT molecular complexity index is 3570. The first-order valence-electron chi connectivity index (χ1n) is 25.3. The van der Waals surface area contributed by atoms with Crippen molar-refractivity contribution in [3.05, 3.63) is 233 Å². The van der Waals surface area contributed by atoms with E-state index in [1.807, 2.05) is 0 Å². The Hall–Kier alpha value is -7.36. The van der Waals surface area contributed by atoms with Crippen LogP contribution in [0.4, 0.5) is 34.1 Å². The van der Waals surface area contributed by atoms with Gasteiger partial charge in [0.2, 0.25) is 0 Å². The van der Waals surface area contributed by atoms with Gasteiger partial charge in [0.15, 0.2) is 0 Å². The van der Waals surface area contributed by atoms with E-state index >= 15 is 0 Å². The molecule has 4 aliphatic rings. The highest BCUT2D eigenvalue weighted by molar-refractivity contribution is 7.00. The summed E-state index contributed by atoms with van der Waals surface area (Å²) in [4.78, 5) is 5.19. The molecular formula is C67H59BN2. The van der Waals surface area contributed by atoms with E-state index in [0.29, 0.717) is 0 Å². The van der Waals surface area contributed by atoms with Crippen LogP contribution in [0.1, 0.15) is 101 Å². The van der Waals surface area contributed by atoms with Gasteiger partial charge in [-0.2, -0.15) is 0 Å². The second kappa shape index (κ2) is 14.8. The van der Waals surface area contributed by atoms with E-state index in [0.717, 1.165) is 5.69 Å². The molecule has 0 atom stereocenters. The number of hydrogen-bond donors (Lipinski definition) is 0. The van der Waals surface area contributed by atoms with Gasteiger partial charge in [0, 0.05) is 34.1 Å². The Morgan fingerprint density at radius 2 is 0.743 bits per heavy atom. The second-order valence-corrected chi connectivity index (χ2v) is 23.4. The van der Waals surface area contributed by atoms with Crippen molar-refractivity contribution in [3.63, 3.8) is 0 Å². The van der Waals surface area contributed by atoms with E-state index in [9.17, 15) is 0 Å². The first-order chi connectivity index (χ1) is 33.6. The molecule has 0 N–H and O–H groups in total.